The van der Waals surface area contributed by atoms with E-state index < -0.39 is 9.84 Å². The number of nitrogens with zero attached hydrogens (tertiary/aromatic N) is 2. The molecule has 0 spiro atoms. The van der Waals surface area contributed by atoms with Crippen molar-refractivity contribution in [1.82, 2.24) is 20.5 Å². The van der Waals surface area contributed by atoms with E-state index in [1.54, 1.807) is 36.5 Å². The van der Waals surface area contributed by atoms with Gasteiger partial charge in [-0.1, -0.05) is 12.1 Å². The average molecular weight is 452 g/mol. The molecule has 0 atom stereocenters. The third-order valence-corrected chi connectivity index (χ3v) is 6.69. The second-order valence-electron chi connectivity index (χ2n) is 6.88. The molecule has 164 valence electrons. The number of carbonyl (C=O) groups is 1. The largest absolute Gasteiger partial charge is 0.497 e. The lowest BCUT2D eigenvalue weighted by Gasteiger charge is -2.12. The van der Waals surface area contributed by atoms with Crippen molar-refractivity contribution in [1.29, 1.82) is 0 Å². The van der Waals surface area contributed by atoms with Crippen molar-refractivity contribution in [3.8, 4) is 11.5 Å². The van der Waals surface area contributed by atoms with Crippen molar-refractivity contribution in [2.45, 2.75) is 16.3 Å². The van der Waals surface area contributed by atoms with Gasteiger partial charge in [-0.25, -0.2) is 13.4 Å². The number of benzene rings is 2. The lowest BCUT2D eigenvalue weighted by Crippen LogP contribution is -2.22. The van der Waals surface area contributed by atoms with Crippen molar-refractivity contribution < 1.29 is 22.7 Å². The fourth-order valence-corrected chi connectivity index (χ4v) is 4.59. The summed E-state index contributed by atoms with van der Waals surface area (Å²) in [6, 6.07) is 12.6. The lowest BCUT2D eigenvalue weighted by atomic mass is 10.2. The molecule has 0 bridgehead atoms. The molecule has 9 nitrogen and oxygen atoms in total. The van der Waals surface area contributed by atoms with Crippen LogP contribution in [0, 0.1) is 0 Å². The number of pyridine rings is 1. The van der Waals surface area contributed by atoms with Gasteiger partial charge in [0.25, 0.3) is 5.91 Å². The van der Waals surface area contributed by atoms with Gasteiger partial charge in [-0.15, -0.1) is 0 Å². The highest BCUT2D eigenvalue weighted by Gasteiger charge is 2.23. The summed E-state index contributed by atoms with van der Waals surface area (Å²) in [5.74, 6) is 0.343. The Morgan fingerprint density at radius 2 is 1.81 bits per heavy atom. The number of H-pyrrole nitrogens is 1. The highest BCUT2D eigenvalue weighted by atomic mass is 32.2. The molecule has 10 heteroatoms. The molecule has 32 heavy (non-hydrogen) atoms. The maximum absolute atomic E-state index is 13.1. The highest BCUT2D eigenvalue weighted by molar-refractivity contribution is 7.91. The molecule has 0 aliphatic rings. The second kappa shape index (κ2) is 8.67. The molecule has 2 heterocycles. The fraction of sp³-hybridized carbons (Fsp3) is 0.136. The molecule has 0 saturated heterocycles. The zero-order valence-corrected chi connectivity index (χ0v) is 18.1. The number of carbonyl (C=O) groups excluding carboxylic acids is 1. The summed E-state index contributed by atoms with van der Waals surface area (Å²) in [5, 5.41) is 10.1. The van der Waals surface area contributed by atoms with Gasteiger partial charge in [0.1, 0.15) is 16.4 Å². The first-order valence-electron chi connectivity index (χ1n) is 9.56. The van der Waals surface area contributed by atoms with Gasteiger partial charge >= 0.3 is 0 Å². The van der Waals surface area contributed by atoms with Crippen LogP contribution in [0.1, 0.15) is 15.9 Å². The molecule has 0 aliphatic carbocycles. The molecular formula is C22H20N4O5S. The molecule has 2 N–H and O–H groups in total. The molecule has 4 rings (SSSR count). The van der Waals surface area contributed by atoms with E-state index in [1.165, 1.54) is 38.6 Å². The molecule has 2 aromatic heterocycles. The molecule has 4 aromatic rings. The van der Waals surface area contributed by atoms with Crippen LogP contribution in [0.25, 0.3) is 11.0 Å². The average Bonchev–Trinajstić information content (AvgIpc) is 3.30. The van der Waals surface area contributed by atoms with E-state index in [0.717, 1.165) is 10.9 Å². The van der Waals surface area contributed by atoms with E-state index in [-0.39, 0.29) is 28.0 Å². The van der Waals surface area contributed by atoms with E-state index in [1.807, 2.05) is 0 Å². The van der Waals surface area contributed by atoms with Gasteiger partial charge in [0, 0.05) is 24.2 Å². The number of nitrogens with one attached hydrogen (secondary N) is 2. The van der Waals surface area contributed by atoms with Crippen LogP contribution in [-0.2, 0) is 16.4 Å². The van der Waals surface area contributed by atoms with E-state index in [2.05, 4.69) is 20.5 Å². The predicted molar refractivity (Wildman–Crippen MR) is 116 cm³/mol. The highest BCUT2D eigenvalue weighted by Crippen LogP contribution is 2.32. The van der Waals surface area contributed by atoms with Crippen molar-refractivity contribution in [3.63, 3.8) is 0 Å². The zero-order chi connectivity index (χ0) is 22.7. The minimum absolute atomic E-state index is 0.0162. The summed E-state index contributed by atoms with van der Waals surface area (Å²) >= 11 is 0. The Morgan fingerprint density at radius 3 is 2.53 bits per heavy atom. The molecule has 2 aromatic carbocycles. The summed E-state index contributed by atoms with van der Waals surface area (Å²) in [6.45, 7) is 0.227. The standard InChI is InChI=1S/C22H20N4O5S/c1-30-17-5-8-19(31-2)20(10-17)32(28,29)18-6-3-14(4-7-18)11-24-22(27)16-9-15-13-25-26-21(15)23-12-16/h3-10,12-13H,11H2,1-2H3,(H,24,27)(H,23,25,26). The third-order valence-electron chi connectivity index (χ3n) is 4.90. The second-order valence-corrected chi connectivity index (χ2v) is 8.80. The monoisotopic (exact) mass is 452 g/mol. The Balaban J connectivity index is 1.49. The first-order valence-corrected chi connectivity index (χ1v) is 11.0. The molecule has 0 unspecified atom stereocenters. The minimum atomic E-state index is -3.83. The Morgan fingerprint density at radius 1 is 1.03 bits per heavy atom. The topological polar surface area (TPSA) is 123 Å². The van der Waals surface area contributed by atoms with Gasteiger partial charge < -0.3 is 14.8 Å². The van der Waals surface area contributed by atoms with Crippen LogP contribution in [0.3, 0.4) is 0 Å². The Labute approximate surface area is 184 Å². The van der Waals surface area contributed by atoms with Crippen LogP contribution >= 0.6 is 0 Å². The molecule has 0 saturated carbocycles. The summed E-state index contributed by atoms with van der Waals surface area (Å²) in [5.41, 5.74) is 1.75. The smallest absolute Gasteiger partial charge is 0.253 e. The van der Waals surface area contributed by atoms with Crippen LogP contribution in [0.15, 0.2) is 70.7 Å². The van der Waals surface area contributed by atoms with E-state index in [0.29, 0.717) is 17.0 Å². The number of amides is 1. The van der Waals surface area contributed by atoms with Gasteiger partial charge in [-0.2, -0.15) is 5.10 Å². The number of aromatic amines is 1. The Hall–Kier alpha value is -3.92. The Bertz CT molecular complexity index is 1380. The number of fused-ring (bicyclic) bond motifs is 1. The predicted octanol–water partition coefficient (Wildman–Crippen LogP) is 2.74. The van der Waals surface area contributed by atoms with Gasteiger partial charge in [0.15, 0.2) is 5.65 Å². The van der Waals surface area contributed by atoms with Crippen LogP contribution < -0.4 is 14.8 Å². The maximum Gasteiger partial charge on any atom is 0.253 e. The van der Waals surface area contributed by atoms with E-state index in [4.69, 9.17) is 9.47 Å². The lowest BCUT2D eigenvalue weighted by molar-refractivity contribution is 0.0950. The summed E-state index contributed by atoms with van der Waals surface area (Å²) in [6.07, 6.45) is 3.06. The van der Waals surface area contributed by atoms with Gasteiger partial charge in [-0.05, 0) is 35.9 Å². The van der Waals surface area contributed by atoms with Crippen LogP contribution in [-0.4, -0.2) is 43.7 Å². The first-order chi connectivity index (χ1) is 15.4. The minimum Gasteiger partial charge on any atom is -0.497 e. The van der Waals surface area contributed by atoms with Crippen LogP contribution in [0.2, 0.25) is 0 Å². The van der Waals surface area contributed by atoms with Crippen LogP contribution in [0.5, 0.6) is 11.5 Å². The number of sulfone groups is 1. The quantitative estimate of drug-likeness (QED) is 0.442. The van der Waals surface area contributed by atoms with Crippen LogP contribution in [0.4, 0.5) is 0 Å². The number of ether oxygens (including phenoxy) is 2. The van der Waals surface area contributed by atoms with Crippen molar-refractivity contribution in [2.75, 3.05) is 14.2 Å². The molecule has 0 fully saturated rings. The summed E-state index contributed by atoms with van der Waals surface area (Å²) in [4.78, 5) is 16.7. The van der Waals surface area contributed by atoms with Crippen molar-refractivity contribution >= 4 is 26.8 Å². The number of rotatable bonds is 7. The number of methoxy groups -OCH3 is 2. The summed E-state index contributed by atoms with van der Waals surface area (Å²) in [7, 11) is -0.958. The first kappa shape index (κ1) is 21.3. The fourth-order valence-electron chi connectivity index (χ4n) is 3.15. The maximum atomic E-state index is 13.1. The third kappa shape index (κ3) is 4.12. The van der Waals surface area contributed by atoms with E-state index >= 15 is 0 Å². The molecule has 0 radical (unpaired) electrons. The number of aromatic nitrogens is 3. The van der Waals surface area contributed by atoms with Crippen molar-refractivity contribution in [3.05, 3.63) is 72.1 Å². The normalized spacial score (nSPS) is 11.3. The Kier molecular flexibility index (Phi) is 5.78. The van der Waals surface area contributed by atoms with Gasteiger partial charge in [0.2, 0.25) is 9.84 Å². The molecular weight excluding hydrogens is 432 g/mol. The van der Waals surface area contributed by atoms with Crippen molar-refractivity contribution in [2.24, 2.45) is 0 Å². The molecule has 0 aliphatic heterocycles. The van der Waals surface area contributed by atoms with Gasteiger partial charge in [-0.3, -0.25) is 9.89 Å². The van der Waals surface area contributed by atoms with E-state index in [9.17, 15) is 13.2 Å². The SMILES string of the molecule is COc1ccc(OC)c(S(=O)(=O)c2ccc(CNC(=O)c3cnc4[nH]ncc4c3)cc2)c1. The number of hydrogen-bond donors (Lipinski definition) is 2. The molecule has 1 amide bonds. The zero-order valence-electron chi connectivity index (χ0n) is 17.3. The van der Waals surface area contributed by atoms with Gasteiger partial charge in [0.05, 0.1) is 30.9 Å². The number of hydrogen-bond acceptors (Lipinski definition) is 7. The summed E-state index contributed by atoms with van der Waals surface area (Å²) < 4.78 is 36.6.